The van der Waals surface area contributed by atoms with Crippen LogP contribution in [0.15, 0.2) is 101 Å². The van der Waals surface area contributed by atoms with Gasteiger partial charge in [-0.2, -0.15) is 5.10 Å². The molecule has 0 aliphatic carbocycles. The van der Waals surface area contributed by atoms with E-state index in [0.29, 0.717) is 11.3 Å². The molecule has 4 rings (SSSR count). The van der Waals surface area contributed by atoms with Gasteiger partial charge in [-0.25, -0.2) is 10.2 Å². The summed E-state index contributed by atoms with van der Waals surface area (Å²) >= 11 is 0. The summed E-state index contributed by atoms with van der Waals surface area (Å²) in [6.45, 7) is 0. The van der Waals surface area contributed by atoms with Gasteiger partial charge in [0, 0.05) is 28.9 Å². The van der Waals surface area contributed by atoms with Crippen molar-refractivity contribution in [2.45, 2.75) is 0 Å². The third-order valence-electron chi connectivity index (χ3n) is 4.94. The van der Waals surface area contributed by atoms with Crippen LogP contribution in [0.2, 0.25) is 0 Å². The molecule has 1 aromatic heterocycles. The lowest BCUT2D eigenvalue weighted by molar-refractivity contribution is -0.384. The van der Waals surface area contributed by atoms with Crippen molar-refractivity contribution < 1.29 is 28.5 Å². The molecule has 0 radical (unpaired) electrons. The molecule has 4 aromatic rings. The highest BCUT2D eigenvalue weighted by Crippen LogP contribution is 2.24. The summed E-state index contributed by atoms with van der Waals surface area (Å²) in [6, 6.07) is 21.0. The number of carbonyl (C=O) groups is 3. The zero-order chi connectivity index (χ0) is 26.2. The second-order valence-electron chi connectivity index (χ2n) is 7.44. The van der Waals surface area contributed by atoms with Crippen LogP contribution in [-0.2, 0) is 0 Å². The molecule has 184 valence electrons. The first-order valence-electron chi connectivity index (χ1n) is 10.7. The maximum Gasteiger partial charge on any atom is 0.343 e. The van der Waals surface area contributed by atoms with Crippen molar-refractivity contribution in [1.29, 1.82) is 0 Å². The van der Waals surface area contributed by atoms with Crippen molar-refractivity contribution in [1.82, 2.24) is 5.43 Å². The predicted molar refractivity (Wildman–Crippen MR) is 133 cm³/mol. The van der Waals surface area contributed by atoms with Crippen LogP contribution in [0.1, 0.15) is 36.8 Å². The van der Waals surface area contributed by atoms with Gasteiger partial charge in [-0.15, -0.1) is 0 Å². The van der Waals surface area contributed by atoms with Crippen LogP contribution in [0.25, 0.3) is 0 Å². The number of anilines is 1. The van der Waals surface area contributed by atoms with Crippen LogP contribution in [0.3, 0.4) is 0 Å². The van der Waals surface area contributed by atoms with E-state index in [1.807, 2.05) is 0 Å². The molecule has 0 unspecified atom stereocenters. The SMILES string of the molecule is O=C(N/N=C/c1cc([N+](=O)[O-])ccc1OC(=O)c1ccccc1)c1ccc(NC(=O)c2ccco2)cc1. The molecule has 0 aliphatic heterocycles. The molecule has 1 heterocycles. The summed E-state index contributed by atoms with van der Waals surface area (Å²) in [5, 5.41) is 17.7. The van der Waals surface area contributed by atoms with Crippen LogP contribution in [0.4, 0.5) is 11.4 Å². The summed E-state index contributed by atoms with van der Waals surface area (Å²) in [4.78, 5) is 47.5. The molecule has 11 heteroatoms. The topological polar surface area (TPSA) is 153 Å². The quantitative estimate of drug-likeness (QED) is 0.120. The normalized spacial score (nSPS) is 10.6. The number of nitro groups is 1. The summed E-state index contributed by atoms with van der Waals surface area (Å²) < 4.78 is 10.4. The van der Waals surface area contributed by atoms with Crippen molar-refractivity contribution >= 4 is 35.4 Å². The fraction of sp³-hybridized carbons (Fsp3) is 0. The number of amides is 2. The average molecular weight is 498 g/mol. The number of hydrazone groups is 1. The smallest absolute Gasteiger partial charge is 0.343 e. The van der Waals surface area contributed by atoms with Crippen molar-refractivity contribution in [2.75, 3.05) is 5.32 Å². The van der Waals surface area contributed by atoms with E-state index in [-0.39, 0.29) is 28.3 Å². The minimum atomic E-state index is -0.660. The number of carbonyl (C=O) groups excluding carboxylic acids is 3. The molecule has 11 nitrogen and oxygen atoms in total. The second kappa shape index (κ2) is 11.2. The Morgan fingerprint density at radius 3 is 2.32 bits per heavy atom. The average Bonchev–Trinajstić information content (AvgIpc) is 3.46. The first-order chi connectivity index (χ1) is 17.9. The minimum Gasteiger partial charge on any atom is -0.459 e. The Bertz CT molecular complexity index is 1460. The molecule has 37 heavy (non-hydrogen) atoms. The number of ether oxygens (including phenoxy) is 1. The van der Waals surface area contributed by atoms with Gasteiger partial charge in [-0.3, -0.25) is 19.7 Å². The lowest BCUT2D eigenvalue weighted by Crippen LogP contribution is -2.18. The van der Waals surface area contributed by atoms with Crippen molar-refractivity contribution in [2.24, 2.45) is 5.10 Å². The predicted octanol–water partition coefficient (Wildman–Crippen LogP) is 4.42. The minimum absolute atomic E-state index is 0.0223. The molecule has 0 spiro atoms. The monoisotopic (exact) mass is 498 g/mol. The molecule has 0 saturated heterocycles. The summed E-state index contributed by atoms with van der Waals surface area (Å²) in [5.41, 5.74) is 3.14. The fourth-order valence-electron chi connectivity index (χ4n) is 3.11. The van der Waals surface area contributed by atoms with Gasteiger partial charge in [0.1, 0.15) is 5.75 Å². The number of nitrogens with zero attached hydrogens (tertiary/aromatic N) is 2. The largest absolute Gasteiger partial charge is 0.459 e. The third-order valence-corrected chi connectivity index (χ3v) is 4.94. The lowest BCUT2D eigenvalue weighted by atomic mass is 10.2. The molecule has 0 fully saturated rings. The molecule has 0 bridgehead atoms. The number of nitrogens with one attached hydrogen (secondary N) is 2. The Hall–Kier alpha value is -5.58. The second-order valence-corrected chi connectivity index (χ2v) is 7.44. The van der Waals surface area contributed by atoms with Gasteiger partial charge >= 0.3 is 5.97 Å². The zero-order valence-corrected chi connectivity index (χ0v) is 19.0. The lowest BCUT2D eigenvalue weighted by Gasteiger charge is -2.08. The number of rotatable bonds is 8. The number of furan rings is 1. The number of esters is 1. The van der Waals surface area contributed by atoms with Crippen molar-refractivity contribution in [3.63, 3.8) is 0 Å². The maximum absolute atomic E-state index is 12.5. The first-order valence-corrected chi connectivity index (χ1v) is 10.7. The highest BCUT2D eigenvalue weighted by molar-refractivity contribution is 6.02. The van der Waals surface area contributed by atoms with Gasteiger partial charge in [-0.05, 0) is 54.6 Å². The van der Waals surface area contributed by atoms with Gasteiger partial charge < -0.3 is 14.5 Å². The van der Waals surface area contributed by atoms with Gasteiger partial charge in [0.25, 0.3) is 17.5 Å². The summed E-state index contributed by atoms with van der Waals surface area (Å²) in [7, 11) is 0. The number of nitro benzene ring substituents is 1. The molecular formula is C26H18N4O7. The van der Waals surface area contributed by atoms with Gasteiger partial charge in [0.05, 0.1) is 23.0 Å². The third kappa shape index (κ3) is 6.31. The standard InChI is InChI=1S/C26H18N4O7/c31-24(17-8-10-20(11-9-17)28-25(32)23-7-4-14-36-23)29-27-16-19-15-21(30(34)35)12-13-22(19)37-26(33)18-5-2-1-3-6-18/h1-16H,(H,28,32)(H,29,31)/b27-16+. The molecule has 2 N–H and O–H groups in total. The highest BCUT2D eigenvalue weighted by Gasteiger charge is 2.15. The molecule has 3 aromatic carbocycles. The van der Waals surface area contributed by atoms with Crippen LogP contribution in [0.5, 0.6) is 5.75 Å². The summed E-state index contributed by atoms with van der Waals surface area (Å²) in [6.07, 6.45) is 2.52. The Labute approximate surface area is 209 Å². The van der Waals surface area contributed by atoms with Crippen LogP contribution in [-0.4, -0.2) is 28.9 Å². The van der Waals surface area contributed by atoms with Crippen LogP contribution in [0, 0.1) is 10.1 Å². The van der Waals surface area contributed by atoms with Gasteiger partial charge in [0.2, 0.25) is 0 Å². The number of hydrogen-bond donors (Lipinski definition) is 2. The van der Waals surface area contributed by atoms with E-state index in [2.05, 4.69) is 15.8 Å². The molecule has 0 saturated carbocycles. The van der Waals surface area contributed by atoms with E-state index in [0.717, 1.165) is 6.21 Å². The van der Waals surface area contributed by atoms with E-state index in [1.54, 1.807) is 36.4 Å². The number of benzene rings is 3. The Kier molecular flexibility index (Phi) is 7.45. The first kappa shape index (κ1) is 24.5. The maximum atomic E-state index is 12.5. The van der Waals surface area contributed by atoms with E-state index in [4.69, 9.17) is 9.15 Å². The van der Waals surface area contributed by atoms with E-state index >= 15 is 0 Å². The van der Waals surface area contributed by atoms with Crippen LogP contribution < -0.4 is 15.5 Å². The van der Waals surface area contributed by atoms with Gasteiger partial charge in [-0.1, -0.05) is 18.2 Å². The van der Waals surface area contributed by atoms with Crippen molar-refractivity contribution in [3.05, 3.63) is 124 Å². The van der Waals surface area contributed by atoms with E-state index in [9.17, 15) is 24.5 Å². The zero-order valence-electron chi connectivity index (χ0n) is 19.0. The number of hydrogen-bond acceptors (Lipinski definition) is 8. The number of non-ortho nitro benzene ring substituents is 1. The van der Waals surface area contributed by atoms with E-state index < -0.39 is 22.7 Å². The van der Waals surface area contributed by atoms with Crippen molar-refractivity contribution in [3.8, 4) is 5.75 Å². The van der Waals surface area contributed by atoms with Gasteiger partial charge in [0.15, 0.2) is 5.76 Å². The fourth-order valence-corrected chi connectivity index (χ4v) is 3.11. The Morgan fingerprint density at radius 2 is 1.65 bits per heavy atom. The Morgan fingerprint density at radius 1 is 0.892 bits per heavy atom. The molecular weight excluding hydrogens is 480 g/mol. The Balaban J connectivity index is 1.43. The van der Waals surface area contributed by atoms with Crippen LogP contribution >= 0.6 is 0 Å². The summed E-state index contributed by atoms with van der Waals surface area (Å²) in [5.74, 6) is -1.51. The molecule has 2 amide bonds. The molecule has 0 atom stereocenters. The molecule has 0 aliphatic rings. The van der Waals surface area contributed by atoms with E-state index in [1.165, 1.54) is 54.8 Å². The highest BCUT2D eigenvalue weighted by atomic mass is 16.6.